The van der Waals surface area contributed by atoms with Crippen molar-refractivity contribution in [3.8, 4) is 0 Å². The first-order chi connectivity index (χ1) is 12.1. The van der Waals surface area contributed by atoms with Crippen LogP contribution in [-0.2, 0) is 28.7 Å². The van der Waals surface area contributed by atoms with Gasteiger partial charge in [-0.2, -0.15) is 0 Å². The van der Waals surface area contributed by atoms with E-state index >= 15 is 0 Å². The summed E-state index contributed by atoms with van der Waals surface area (Å²) in [5.74, 6) is -0.640. The highest BCUT2D eigenvalue weighted by atomic mass is 16.6. The van der Waals surface area contributed by atoms with Crippen LogP contribution >= 0.6 is 0 Å². The molecule has 10 atom stereocenters. The Bertz CT molecular complexity index is 727. The van der Waals surface area contributed by atoms with Crippen LogP contribution in [-0.4, -0.2) is 23.9 Å². The molecule has 132 valence electrons. The molecule has 6 aliphatic carbocycles. The van der Waals surface area contributed by atoms with Crippen LogP contribution in [0.25, 0.3) is 0 Å². The van der Waals surface area contributed by atoms with E-state index in [1.165, 1.54) is 0 Å². The van der Waals surface area contributed by atoms with Crippen molar-refractivity contribution in [2.45, 2.75) is 32.1 Å². The first kappa shape index (κ1) is 14.4. The maximum atomic E-state index is 12.5. The van der Waals surface area contributed by atoms with Crippen LogP contribution in [0.1, 0.15) is 32.1 Å². The fourth-order valence-electron chi connectivity index (χ4n) is 8.11. The van der Waals surface area contributed by atoms with E-state index in [-0.39, 0.29) is 59.3 Å². The second kappa shape index (κ2) is 4.51. The predicted molar refractivity (Wildman–Crippen MR) is 80.2 cm³/mol. The molecule has 0 aromatic rings. The zero-order chi connectivity index (χ0) is 17.0. The summed E-state index contributed by atoms with van der Waals surface area (Å²) in [5.41, 5.74) is 0. The number of esters is 4. The Kier molecular flexibility index (Phi) is 2.61. The van der Waals surface area contributed by atoms with Crippen molar-refractivity contribution in [3.05, 3.63) is 0 Å². The van der Waals surface area contributed by atoms with Crippen molar-refractivity contribution in [2.75, 3.05) is 0 Å². The van der Waals surface area contributed by atoms with E-state index in [1.54, 1.807) is 0 Å². The highest BCUT2D eigenvalue weighted by Crippen LogP contribution is 2.69. The molecule has 0 radical (unpaired) electrons. The molecule has 8 aliphatic rings. The van der Waals surface area contributed by atoms with Crippen LogP contribution in [0.15, 0.2) is 0 Å². The third-order valence-corrected chi connectivity index (χ3v) is 8.51. The van der Waals surface area contributed by atoms with Gasteiger partial charge in [-0.3, -0.25) is 19.2 Å². The van der Waals surface area contributed by atoms with Gasteiger partial charge in [0.2, 0.25) is 0 Å². The second-order valence-electron chi connectivity index (χ2n) is 8.94. The molecule has 2 saturated heterocycles. The SMILES string of the molecule is O=C1CC2C3CCC(C2C(=O)O1)C1C2CCC(C4C(=O)OC(=O)C24)C31. The molecule has 10 unspecified atom stereocenters. The second-order valence-corrected chi connectivity index (χ2v) is 8.94. The summed E-state index contributed by atoms with van der Waals surface area (Å²) < 4.78 is 9.99. The molecule has 25 heavy (non-hydrogen) atoms. The van der Waals surface area contributed by atoms with Gasteiger partial charge in [-0.1, -0.05) is 0 Å². The molecule has 6 nitrogen and oxygen atoms in total. The number of carbonyl (C=O) groups excluding carboxylic acids is 4. The molecule has 0 amide bonds. The van der Waals surface area contributed by atoms with Crippen LogP contribution in [0.3, 0.4) is 0 Å². The minimum Gasteiger partial charge on any atom is -0.393 e. The molecule has 0 aromatic heterocycles. The van der Waals surface area contributed by atoms with E-state index in [4.69, 9.17) is 9.47 Å². The van der Waals surface area contributed by atoms with Crippen LogP contribution in [0.4, 0.5) is 0 Å². The fraction of sp³-hybridized carbons (Fsp3) is 0.789. The number of rotatable bonds is 0. The molecule has 2 heterocycles. The first-order valence-electron chi connectivity index (χ1n) is 9.56. The fourth-order valence-corrected chi connectivity index (χ4v) is 8.11. The summed E-state index contributed by atoms with van der Waals surface area (Å²) in [5, 5.41) is 0. The lowest BCUT2D eigenvalue weighted by Crippen LogP contribution is -2.65. The lowest BCUT2D eigenvalue weighted by Gasteiger charge is -2.66. The molecule has 0 N–H and O–H groups in total. The Hall–Kier alpha value is -1.72. The quantitative estimate of drug-likeness (QED) is 0.487. The van der Waals surface area contributed by atoms with Crippen LogP contribution in [0.5, 0.6) is 0 Å². The maximum Gasteiger partial charge on any atom is 0.317 e. The van der Waals surface area contributed by atoms with Gasteiger partial charge < -0.3 is 9.47 Å². The van der Waals surface area contributed by atoms with Crippen molar-refractivity contribution in [3.63, 3.8) is 0 Å². The van der Waals surface area contributed by atoms with E-state index in [1.807, 2.05) is 0 Å². The van der Waals surface area contributed by atoms with Gasteiger partial charge in [-0.15, -0.1) is 0 Å². The zero-order valence-electron chi connectivity index (χ0n) is 13.8. The third-order valence-electron chi connectivity index (χ3n) is 8.51. The maximum absolute atomic E-state index is 12.5. The molecule has 4 bridgehead atoms. The molecular formula is C19H20O6. The minimum absolute atomic E-state index is 0.0691. The number of fused-ring (bicyclic) bond motifs is 2. The van der Waals surface area contributed by atoms with Gasteiger partial charge in [0.1, 0.15) is 0 Å². The molecule has 6 heteroatoms. The van der Waals surface area contributed by atoms with Crippen molar-refractivity contribution in [1.82, 2.24) is 0 Å². The van der Waals surface area contributed by atoms with Crippen LogP contribution in [0.2, 0.25) is 0 Å². The molecule has 8 fully saturated rings. The van der Waals surface area contributed by atoms with Crippen molar-refractivity contribution >= 4 is 23.9 Å². The highest BCUT2D eigenvalue weighted by Gasteiger charge is 2.70. The highest BCUT2D eigenvalue weighted by molar-refractivity contribution is 5.97. The van der Waals surface area contributed by atoms with E-state index in [0.29, 0.717) is 24.2 Å². The van der Waals surface area contributed by atoms with E-state index in [0.717, 1.165) is 25.7 Å². The Balaban J connectivity index is 1.46. The third kappa shape index (κ3) is 1.57. The topological polar surface area (TPSA) is 86.7 Å². The lowest BCUT2D eigenvalue weighted by atomic mass is 9.37. The van der Waals surface area contributed by atoms with Gasteiger partial charge in [0.25, 0.3) is 0 Å². The Labute approximate surface area is 144 Å². The molecule has 6 saturated carbocycles. The largest absolute Gasteiger partial charge is 0.393 e. The summed E-state index contributed by atoms with van der Waals surface area (Å²) in [4.78, 5) is 48.9. The molecule has 8 rings (SSSR count). The van der Waals surface area contributed by atoms with Crippen molar-refractivity contribution in [2.24, 2.45) is 59.2 Å². The standard InChI is InChI=1S/C19H20O6/c20-11-5-10-6-1-2-7(14(10)17(21)24-11)13-9-4-3-8(12(6)13)15-16(9)19(23)25-18(15)22/h6-10,12-16H,1-5H2. The van der Waals surface area contributed by atoms with Gasteiger partial charge in [0.15, 0.2) is 0 Å². The van der Waals surface area contributed by atoms with Gasteiger partial charge in [0.05, 0.1) is 17.8 Å². The number of hydrogen-bond acceptors (Lipinski definition) is 6. The van der Waals surface area contributed by atoms with Crippen molar-refractivity contribution in [1.29, 1.82) is 0 Å². The summed E-state index contributed by atoms with van der Waals surface area (Å²) in [6.07, 6.45) is 4.24. The van der Waals surface area contributed by atoms with E-state index < -0.39 is 5.97 Å². The van der Waals surface area contributed by atoms with Crippen LogP contribution in [0, 0.1) is 59.2 Å². The van der Waals surface area contributed by atoms with Gasteiger partial charge >= 0.3 is 23.9 Å². The van der Waals surface area contributed by atoms with Gasteiger partial charge in [0, 0.05) is 6.42 Å². The molecular weight excluding hydrogens is 324 g/mol. The predicted octanol–water partition coefficient (Wildman–Crippen LogP) is 1.32. The Morgan fingerprint density at radius 3 is 1.68 bits per heavy atom. The normalized spacial score (nSPS) is 55.4. The van der Waals surface area contributed by atoms with E-state index in [9.17, 15) is 19.2 Å². The number of cyclic esters (lactones) is 4. The molecule has 0 aromatic carbocycles. The molecule has 0 spiro atoms. The number of carbonyl (C=O) groups is 4. The monoisotopic (exact) mass is 344 g/mol. The number of hydrogen-bond donors (Lipinski definition) is 0. The summed E-state index contributed by atoms with van der Waals surface area (Å²) in [6, 6.07) is 0. The minimum atomic E-state index is -0.398. The van der Waals surface area contributed by atoms with Gasteiger partial charge in [-0.25, -0.2) is 0 Å². The first-order valence-corrected chi connectivity index (χ1v) is 9.56. The lowest BCUT2D eigenvalue weighted by molar-refractivity contribution is -0.216. The summed E-state index contributed by atoms with van der Waals surface area (Å²) in [7, 11) is 0. The Morgan fingerprint density at radius 1 is 0.560 bits per heavy atom. The Morgan fingerprint density at radius 2 is 1.04 bits per heavy atom. The summed E-state index contributed by atoms with van der Waals surface area (Å²) >= 11 is 0. The van der Waals surface area contributed by atoms with E-state index in [2.05, 4.69) is 0 Å². The van der Waals surface area contributed by atoms with Crippen molar-refractivity contribution < 1.29 is 28.7 Å². The smallest absolute Gasteiger partial charge is 0.317 e. The molecule has 2 aliphatic heterocycles. The average Bonchev–Trinajstić information content (AvgIpc) is 2.91. The van der Waals surface area contributed by atoms with Gasteiger partial charge in [-0.05, 0) is 67.1 Å². The zero-order valence-corrected chi connectivity index (χ0v) is 13.8. The average molecular weight is 344 g/mol. The summed E-state index contributed by atoms with van der Waals surface area (Å²) in [6.45, 7) is 0. The number of ether oxygens (including phenoxy) is 2. The van der Waals surface area contributed by atoms with Crippen LogP contribution < -0.4 is 0 Å².